The van der Waals surface area contributed by atoms with Gasteiger partial charge in [0.2, 0.25) is 11.8 Å². The van der Waals surface area contributed by atoms with Crippen LogP contribution in [0.3, 0.4) is 0 Å². The molecule has 1 aromatic carbocycles. The summed E-state index contributed by atoms with van der Waals surface area (Å²) >= 11 is 2.61. The lowest BCUT2D eigenvalue weighted by atomic mass is 10.2. The number of amides is 2. The van der Waals surface area contributed by atoms with Gasteiger partial charge in [0.05, 0.1) is 11.1 Å². The first-order valence-corrected chi connectivity index (χ1v) is 11.4. The number of thioether (sulfide) groups is 1. The van der Waals surface area contributed by atoms with Crippen molar-refractivity contribution >= 4 is 56.5 Å². The molecule has 1 N–H and O–H groups in total. The minimum Gasteiger partial charge on any atom is -0.325 e. The van der Waals surface area contributed by atoms with E-state index in [-0.39, 0.29) is 23.1 Å². The second-order valence-electron chi connectivity index (χ2n) is 6.77. The summed E-state index contributed by atoms with van der Waals surface area (Å²) in [5.41, 5.74) is 1.28. The van der Waals surface area contributed by atoms with Crippen LogP contribution in [0.1, 0.15) is 12.8 Å². The molecule has 0 bridgehead atoms. The van der Waals surface area contributed by atoms with Crippen LogP contribution in [0.4, 0.5) is 11.4 Å². The Balaban J connectivity index is 1.47. The minimum absolute atomic E-state index is 0.101. The van der Waals surface area contributed by atoms with Crippen LogP contribution in [0.2, 0.25) is 0 Å². The summed E-state index contributed by atoms with van der Waals surface area (Å²) in [6.07, 6.45) is 3.04. The Labute approximate surface area is 181 Å². The number of hydrogen-bond donors (Lipinski definition) is 1. The normalized spacial score (nSPS) is 13.7. The summed E-state index contributed by atoms with van der Waals surface area (Å²) in [4.78, 5) is 44.0. The number of rotatable bonds is 7. The molecule has 30 heavy (non-hydrogen) atoms. The van der Waals surface area contributed by atoms with Gasteiger partial charge in [0.15, 0.2) is 5.16 Å². The molecule has 1 saturated heterocycles. The number of anilines is 2. The zero-order valence-corrected chi connectivity index (χ0v) is 17.8. The number of allylic oxidation sites excluding steroid dienone is 1. The first-order valence-electron chi connectivity index (χ1n) is 9.49. The van der Waals surface area contributed by atoms with Crippen molar-refractivity contribution in [1.82, 2.24) is 9.55 Å². The van der Waals surface area contributed by atoms with Crippen molar-refractivity contribution in [1.29, 1.82) is 0 Å². The summed E-state index contributed by atoms with van der Waals surface area (Å²) < 4.78 is 1.53. The van der Waals surface area contributed by atoms with Crippen molar-refractivity contribution in [2.75, 3.05) is 22.5 Å². The van der Waals surface area contributed by atoms with Gasteiger partial charge in [-0.3, -0.25) is 19.0 Å². The molecule has 3 aromatic rings. The van der Waals surface area contributed by atoms with E-state index in [1.165, 1.54) is 27.7 Å². The van der Waals surface area contributed by atoms with Crippen LogP contribution < -0.4 is 15.8 Å². The van der Waals surface area contributed by atoms with E-state index in [9.17, 15) is 14.4 Å². The van der Waals surface area contributed by atoms with Crippen molar-refractivity contribution in [3.8, 4) is 0 Å². The first kappa shape index (κ1) is 20.4. The fraction of sp³-hybridized carbons (Fsp3) is 0.238. The van der Waals surface area contributed by atoms with Gasteiger partial charge in [-0.1, -0.05) is 23.9 Å². The zero-order chi connectivity index (χ0) is 21.1. The molecule has 0 atom stereocenters. The molecule has 1 fully saturated rings. The Hall–Kier alpha value is -2.91. The topological polar surface area (TPSA) is 84.3 Å². The van der Waals surface area contributed by atoms with Gasteiger partial charge in [-0.25, -0.2) is 4.98 Å². The Morgan fingerprint density at radius 3 is 2.97 bits per heavy atom. The number of hydrogen-bond acceptors (Lipinski definition) is 6. The fourth-order valence-corrected chi connectivity index (χ4v) is 4.94. The number of aromatic nitrogens is 2. The third-order valence-corrected chi connectivity index (χ3v) is 6.49. The lowest BCUT2D eigenvalue weighted by molar-refractivity contribution is -0.117. The molecule has 2 amide bonds. The highest BCUT2D eigenvalue weighted by Crippen LogP contribution is 2.25. The van der Waals surface area contributed by atoms with Crippen LogP contribution in [0, 0.1) is 0 Å². The van der Waals surface area contributed by atoms with Crippen LogP contribution >= 0.6 is 23.1 Å². The van der Waals surface area contributed by atoms with E-state index >= 15 is 0 Å². The molecule has 0 unspecified atom stereocenters. The van der Waals surface area contributed by atoms with Crippen LogP contribution in [0.15, 0.2) is 58.3 Å². The molecule has 1 aliphatic rings. The fourth-order valence-electron chi connectivity index (χ4n) is 3.33. The number of nitrogens with zero attached hydrogens (tertiary/aromatic N) is 3. The maximum Gasteiger partial charge on any atom is 0.263 e. The van der Waals surface area contributed by atoms with Crippen molar-refractivity contribution in [2.45, 2.75) is 24.5 Å². The van der Waals surface area contributed by atoms with Gasteiger partial charge in [0.25, 0.3) is 5.56 Å². The van der Waals surface area contributed by atoms with Crippen molar-refractivity contribution < 1.29 is 9.59 Å². The predicted molar refractivity (Wildman–Crippen MR) is 121 cm³/mol. The lowest BCUT2D eigenvalue weighted by Gasteiger charge is -2.16. The molecule has 3 heterocycles. The standard InChI is InChI=1S/C21H20N4O3S2/c1-2-9-25-20(28)16-8-11-29-19(16)23-21(25)30-13-17(26)22-14-5-3-6-15(12-14)24-10-4-7-18(24)27/h2-3,5-6,8,11-12H,1,4,7,9-10,13H2,(H,22,26). The van der Waals surface area contributed by atoms with Crippen LogP contribution in [0.5, 0.6) is 0 Å². The number of benzene rings is 1. The molecule has 1 aliphatic heterocycles. The average Bonchev–Trinajstić information content (AvgIpc) is 3.38. The van der Waals surface area contributed by atoms with Gasteiger partial charge >= 0.3 is 0 Å². The Morgan fingerprint density at radius 2 is 2.20 bits per heavy atom. The van der Waals surface area contributed by atoms with E-state index in [0.29, 0.717) is 40.6 Å². The number of nitrogens with one attached hydrogen (secondary N) is 1. The molecule has 4 rings (SSSR count). The van der Waals surface area contributed by atoms with Crippen LogP contribution in [0.25, 0.3) is 10.2 Å². The van der Waals surface area contributed by atoms with Crippen molar-refractivity contribution in [3.05, 3.63) is 58.7 Å². The van der Waals surface area contributed by atoms with E-state index in [2.05, 4.69) is 16.9 Å². The number of carbonyl (C=O) groups excluding carboxylic acids is 2. The summed E-state index contributed by atoms with van der Waals surface area (Å²) in [6, 6.07) is 9.03. The zero-order valence-electron chi connectivity index (χ0n) is 16.2. The monoisotopic (exact) mass is 440 g/mol. The first-order chi connectivity index (χ1) is 14.6. The van der Waals surface area contributed by atoms with Gasteiger partial charge in [-0.15, -0.1) is 17.9 Å². The SMILES string of the molecule is C=CCn1c(SCC(=O)Nc2cccc(N3CCCC3=O)c2)nc2sccc2c1=O. The smallest absolute Gasteiger partial charge is 0.263 e. The molecule has 0 saturated carbocycles. The van der Waals surface area contributed by atoms with Gasteiger partial charge in [0.1, 0.15) is 4.83 Å². The average molecular weight is 441 g/mol. The van der Waals surface area contributed by atoms with E-state index < -0.39 is 0 Å². The summed E-state index contributed by atoms with van der Waals surface area (Å²) in [5.74, 6) is -0.00676. The Morgan fingerprint density at radius 1 is 1.33 bits per heavy atom. The highest BCUT2D eigenvalue weighted by Gasteiger charge is 2.22. The van der Waals surface area contributed by atoms with E-state index in [4.69, 9.17) is 0 Å². The van der Waals surface area contributed by atoms with Crippen LogP contribution in [-0.4, -0.2) is 33.7 Å². The van der Waals surface area contributed by atoms with Gasteiger partial charge in [0, 0.05) is 30.9 Å². The summed E-state index contributed by atoms with van der Waals surface area (Å²) in [5, 5.41) is 5.75. The Bertz CT molecular complexity index is 1180. The maximum absolute atomic E-state index is 12.7. The molecular formula is C21H20N4O3S2. The van der Waals surface area contributed by atoms with E-state index in [0.717, 1.165) is 12.1 Å². The van der Waals surface area contributed by atoms with E-state index in [1.807, 2.05) is 17.5 Å². The molecule has 2 aromatic heterocycles. The molecule has 0 aliphatic carbocycles. The predicted octanol–water partition coefficient (Wildman–Crippen LogP) is 3.50. The highest BCUT2D eigenvalue weighted by atomic mass is 32.2. The molecule has 0 spiro atoms. The summed E-state index contributed by atoms with van der Waals surface area (Å²) in [7, 11) is 0. The molecule has 0 radical (unpaired) electrons. The quantitative estimate of drug-likeness (QED) is 0.345. The number of carbonyl (C=O) groups is 2. The van der Waals surface area contributed by atoms with Gasteiger partial charge in [-0.05, 0) is 36.1 Å². The van der Waals surface area contributed by atoms with Crippen LogP contribution in [-0.2, 0) is 16.1 Å². The molecule has 7 nitrogen and oxygen atoms in total. The van der Waals surface area contributed by atoms with Gasteiger partial charge < -0.3 is 10.2 Å². The lowest BCUT2D eigenvalue weighted by Crippen LogP contribution is -2.24. The molecule has 9 heteroatoms. The molecule has 154 valence electrons. The van der Waals surface area contributed by atoms with E-state index in [1.54, 1.807) is 29.2 Å². The van der Waals surface area contributed by atoms with Gasteiger partial charge in [-0.2, -0.15) is 0 Å². The third-order valence-electron chi connectivity index (χ3n) is 4.71. The second-order valence-corrected chi connectivity index (χ2v) is 8.61. The molecular weight excluding hydrogens is 420 g/mol. The Kier molecular flexibility index (Phi) is 6.01. The summed E-state index contributed by atoms with van der Waals surface area (Å²) in [6.45, 7) is 4.73. The minimum atomic E-state index is -0.212. The largest absolute Gasteiger partial charge is 0.325 e. The van der Waals surface area contributed by atoms with Crippen molar-refractivity contribution in [2.24, 2.45) is 0 Å². The van der Waals surface area contributed by atoms with Crippen molar-refractivity contribution in [3.63, 3.8) is 0 Å². The maximum atomic E-state index is 12.7. The highest BCUT2D eigenvalue weighted by molar-refractivity contribution is 7.99. The number of fused-ring (bicyclic) bond motifs is 1. The number of thiophene rings is 1. The second kappa shape index (κ2) is 8.85. The third kappa shape index (κ3) is 4.17.